The molecule has 76 valence electrons. The minimum atomic E-state index is -1.09. The van der Waals surface area contributed by atoms with Crippen molar-refractivity contribution in [1.29, 1.82) is 0 Å². The van der Waals surface area contributed by atoms with E-state index in [-0.39, 0.29) is 5.82 Å². The van der Waals surface area contributed by atoms with E-state index < -0.39 is 11.4 Å². The zero-order valence-corrected chi connectivity index (χ0v) is 8.70. The lowest BCUT2D eigenvalue weighted by atomic mass is 9.93. The van der Waals surface area contributed by atoms with Crippen LogP contribution >= 0.6 is 0 Å². The Bertz CT molecular complexity index is 374. The topological polar surface area (TPSA) is 76.0 Å². The summed E-state index contributed by atoms with van der Waals surface area (Å²) in [4.78, 5) is 15.0. The van der Waals surface area contributed by atoms with Crippen molar-refractivity contribution in [3.05, 3.63) is 17.2 Å². The Balaban J connectivity index is 3.21. The lowest BCUT2D eigenvalue weighted by Crippen LogP contribution is -2.31. The van der Waals surface area contributed by atoms with Gasteiger partial charge in [0, 0.05) is 0 Å². The molecule has 0 amide bonds. The van der Waals surface area contributed by atoms with Crippen LogP contribution in [0.1, 0.15) is 31.1 Å². The third-order valence-corrected chi connectivity index (χ3v) is 2.19. The van der Waals surface area contributed by atoms with E-state index in [1.54, 1.807) is 27.7 Å². The predicted molar refractivity (Wildman–Crippen MR) is 50.0 cm³/mol. The molecule has 1 rings (SSSR count). The molecule has 0 aromatic carbocycles. The molecule has 0 radical (unpaired) electrons. The fourth-order valence-corrected chi connectivity index (χ4v) is 0.817. The highest BCUT2D eigenvalue weighted by Gasteiger charge is 2.33. The van der Waals surface area contributed by atoms with Crippen molar-refractivity contribution < 1.29 is 9.90 Å². The molecule has 0 aliphatic rings. The van der Waals surface area contributed by atoms with Crippen molar-refractivity contribution in [2.45, 2.75) is 33.1 Å². The average molecular weight is 195 g/mol. The lowest BCUT2D eigenvalue weighted by Gasteiger charge is -2.16. The largest absolute Gasteiger partial charge is 0.481 e. The van der Waals surface area contributed by atoms with Crippen LogP contribution in [0.25, 0.3) is 0 Å². The molecular formula is C9H13N3O2. The molecule has 0 atom stereocenters. The van der Waals surface area contributed by atoms with Crippen molar-refractivity contribution in [3.8, 4) is 0 Å². The average Bonchev–Trinajstić information content (AvgIpc) is 2.09. The molecule has 0 saturated heterocycles. The van der Waals surface area contributed by atoms with Gasteiger partial charge in [-0.15, -0.1) is 5.10 Å². The monoisotopic (exact) mass is 195 g/mol. The summed E-state index contributed by atoms with van der Waals surface area (Å²) in [7, 11) is 0. The molecular weight excluding hydrogens is 182 g/mol. The number of carboxylic acids is 1. The number of aliphatic carboxylic acids is 1. The number of carboxylic acid groups (broad SMARTS) is 1. The minimum Gasteiger partial charge on any atom is -0.481 e. The maximum absolute atomic E-state index is 10.9. The van der Waals surface area contributed by atoms with Crippen LogP contribution in [0.2, 0.25) is 0 Å². The van der Waals surface area contributed by atoms with Gasteiger partial charge in [-0.05, 0) is 27.7 Å². The number of carbonyl (C=O) groups is 1. The standard InChI is InChI=1S/C9H13N3O2/c1-5-6(2)11-12-7(10-5)9(3,4)8(13)14/h1-4H3,(H,13,14). The Morgan fingerprint density at radius 3 is 2.21 bits per heavy atom. The van der Waals surface area contributed by atoms with Crippen molar-refractivity contribution in [3.63, 3.8) is 0 Å². The number of hydrogen-bond donors (Lipinski definition) is 1. The quantitative estimate of drug-likeness (QED) is 0.757. The molecule has 1 aromatic heterocycles. The summed E-state index contributed by atoms with van der Waals surface area (Å²) >= 11 is 0. The summed E-state index contributed by atoms with van der Waals surface area (Å²) in [6, 6.07) is 0. The molecule has 0 spiro atoms. The van der Waals surface area contributed by atoms with E-state index >= 15 is 0 Å². The van der Waals surface area contributed by atoms with Crippen molar-refractivity contribution in [2.75, 3.05) is 0 Å². The van der Waals surface area contributed by atoms with Crippen molar-refractivity contribution >= 4 is 5.97 Å². The van der Waals surface area contributed by atoms with E-state index in [1.165, 1.54) is 0 Å². The van der Waals surface area contributed by atoms with E-state index in [0.29, 0.717) is 5.69 Å². The minimum absolute atomic E-state index is 0.244. The predicted octanol–water partition coefficient (Wildman–Crippen LogP) is 0.851. The number of aromatic nitrogens is 3. The van der Waals surface area contributed by atoms with Gasteiger partial charge in [0.25, 0.3) is 0 Å². The Labute approximate surface area is 82.2 Å². The molecule has 1 heterocycles. The van der Waals surface area contributed by atoms with E-state index in [0.717, 1.165) is 5.69 Å². The van der Waals surface area contributed by atoms with Gasteiger partial charge in [-0.25, -0.2) is 4.98 Å². The first kappa shape index (κ1) is 10.6. The zero-order chi connectivity index (χ0) is 10.9. The molecule has 14 heavy (non-hydrogen) atoms. The van der Waals surface area contributed by atoms with Gasteiger partial charge in [0.1, 0.15) is 5.41 Å². The highest BCUT2D eigenvalue weighted by atomic mass is 16.4. The van der Waals surface area contributed by atoms with Crippen LogP contribution in [0.15, 0.2) is 0 Å². The second-order valence-corrected chi connectivity index (χ2v) is 3.74. The fourth-order valence-electron chi connectivity index (χ4n) is 0.817. The first-order valence-corrected chi connectivity index (χ1v) is 4.27. The third-order valence-electron chi connectivity index (χ3n) is 2.19. The van der Waals surface area contributed by atoms with Crippen LogP contribution < -0.4 is 0 Å². The Morgan fingerprint density at radius 1 is 1.21 bits per heavy atom. The number of nitrogens with zero attached hydrogens (tertiary/aromatic N) is 3. The fraction of sp³-hybridized carbons (Fsp3) is 0.556. The Morgan fingerprint density at radius 2 is 1.79 bits per heavy atom. The van der Waals surface area contributed by atoms with Crippen molar-refractivity contribution in [1.82, 2.24) is 15.2 Å². The second-order valence-electron chi connectivity index (χ2n) is 3.74. The third kappa shape index (κ3) is 1.71. The first-order chi connectivity index (χ1) is 6.35. The van der Waals surface area contributed by atoms with E-state index in [2.05, 4.69) is 15.2 Å². The Hall–Kier alpha value is -1.52. The molecule has 0 bridgehead atoms. The summed E-state index contributed by atoms with van der Waals surface area (Å²) in [6.07, 6.45) is 0. The Kier molecular flexibility index (Phi) is 2.51. The molecule has 1 aromatic rings. The van der Waals surface area contributed by atoms with Gasteiger partial charge in [-0.3, -0.25) is 4.79 Å². The van der Waals surface area contributed by atoms with Crippen LogP contribution in [-0.2, 0) is 10.2 Å². The van der Waals surface area contributed by atoms with E-state index in [4.69, 9.17) is 5.11 Å². The molecule has 0 unspecified atom stereocenters. The SMILES string of the molecule is Cc1nnc(C(C)(C)C(=O)O)nc1C. The molecule has 0 fully saturated rings. The van der Waals surface area contributed by atoms with Gasteiger partial charge in [0.05, 0.1) is 11.4 Å². The van der Waals surface area contributed by atoms with Crippen LogP contribution in [0.3, 0.4) is 0 Å². The smallest absolute Gasteiger partial charge is 0.316 e. The number of hydrogen-bond acceptors (Lipinski definition) is 4. The molecule has 1 N–H and O–H groups in total. The zero-order valence-electron chi connectivity index (χ0n) is 8.70. The van der Waals surface area contributed by atoms with Crippen LogP contribution in [0.5, 0.6) is 0 Å². The summed E-state index contributed by atoms with van der Waals surface area (Å²) in [6.45, 7) is 6.68. The molecule has 0 saturated carbocycles. The van der Waals surface area contributed by atoms with E-state index in [9.17, 15) is 4.79 Å². The summed E-state index contributed by atoms with van der Waals surface area (Å²) in [5, 5.41) is 16.6. The maximum Gasteiger partial charge on any atom is 0.316 e. The van der Waals surface area contributed by atoms with Crippen molar-refractivity contribution in [2.24, 2.45) is 0 Å². The molecule has 0 aliphatic heterocycles. The van der Waals surface area contributed by atoms with Gasteiger partial charge in [0.2, 0.25) is 0 Å². The maximum atomic E-state index is 10.9. The van der Waals surface area contributed by atoms with E-state index in [1.807, 2.05) is 0 Å². The highest BCUT2D eigenvalue weighted by molar-refractivity contribution is 5.78. The van der Waals surface area contributed by atoms with Gasteiger partial charge >= 0.3 is 5.97 Å². The second kappa shape index (κ2) is 3.32. The van der Waals surface area contributed by atoms with Gasteiger partial charge in [-0.1, -0.05) is 0 Å². The van der Waals surface area contributed by atoms with Gasteiger partial charge in [-0.2, -0.15) is 5.10 Å². The van der Waals surface area contributed by atoms with Crippen LogP contribution in [0, 0.1) is 13.8 Å². The number of aryl methyl sites for hydroxylation is 2. The molecule has 0 aliphatic carbocycles. The molecule has 5 heteroatoms. The normalized spacial score (nSPS) is 11.4. The first-order valence-electron chi connectivity index (χ1n) is 4.27. The van der Waals surface area contributed by atoms with Gasteiger partial charge < -0.3 is 5.11 Å². The molecule has 5 nitrogen and oxygen atoms in total. The summed E-state index contributed by atoms with van der Waals surface area (Å²) < 4.78 is 0. The lowest BCUT2D eigenvalue weighted by molar-refractivity contribution is -0.142. The van der Waals surface area contributed by atoms with Crippen LogP contribution in [0.4, 0.5) is 0 Å². The van der Waals surface area contributed by atoms with Gasteiger partial charge in [0.15, 0.2) is 5.82 Å². The highest BCUT2D eigenvalue weighted by Crippen LogP contribution is 2.19. The summed E-state index contributed by atoms with van der Waals surface area (Å²) in [5.74, 6) is -0.712. The number of rotatable bonds is 2. The van der Waals surface area contributed by atoms with Crippen LogP contribution in [-0.4, -0.2) is 26.3 Å². The summed E-state index contributed by atoms with van der Waals surface area (Å²) in [5.41, 5.74) is 0.338.